The quantitative estimate of drug-likeness (QED) is 0.450. The van der Waals surface area contributed by atoms with E-state index < -0.39 is 0 Å². The summed E-state index contributed by atoms with van der Waals surface area (Å²) >= 11 is 1.15. The molecule has 0 amide bonds. The number of amidine groups is 1. The average Bonchev–Trinajstić information content (AvgIpc) is 2.85. The summed E-state index contributed by atoms with van der Waals surface area (Å²) < 4.78 is 16.3. The molecule has 1 unspecified atom stereocenters. The van der Waals surface area contributed by atoms with Gasteiger partial charge >= 0.3 is 0 Å². The monoisotopic (exact) mass is 272 g/mol. The molecule has 1 saturated heterocycles. The number of hydrogen-bond donors (Lipinski definition) is 2. The lowest BCUT2D eigenvalue weighted by Gasteiger charge is -2.22. The SMILES string of the molecule is N=C(N)c1nnc(OCCOC2CCCCO2)s1. The zero-order valence-corrected chi connectivity index (χ0v) is 10.7. The molecule has 1 aliphatic heterocycles. The lowest BCUT2D eigenvalue weighted by Crippen LogP contribution is -2.24. The highest BCUT2D eigenvalue weighted by molar-refractivity contribution is 7.15. The fourth-order valence-electron chi connectivity index (χ4n) is 1.53. The summed E-state index contributed by atoms with van der Waals surface area (Å²) in [6, 6.07) is 0. The van der Waals surface area contributed by atoms with Crippen LogP contribution in [-0.2, 0) is 9.47 Å². The smallest absolute Gasteiger partial charge is 0.294 e. The van der Waals surface area contributed by atoms with Crippen LogP contribution >= 0.6 is 11.3 Å². The second-order valence-corrected chi connectivity index (χ2v) is 4.74. The van der Waals surface area contributed by atoms with Gasteiger partial charge in [-0.25, -0.2) is 0 Å². The van der Waals surface area contributed by atoms with E-state index in [2.05, 4.69) is 10.2 Å². The van der Waals surface area contributed by atoms with Crippen molar-refractivity contribution in [3.8, 4) is 5.19 Å². The maximum Gasteiger partial charge on any atom is 0.294 e. The highest BCUT2D eigenvalue weighted by Gasteiger charge is 2.14. The maximum absolute atomic E-state index is 7.18. The second kappa shape index (κ2) is 6.62. The van der Waals surface area contributed by atoms with E-state index in [0.29, 0.717) is 23.4 Å². The first-order valence-corrected chi connectivity index (χ1v) is 6.61. The van der Waals surface area contributed by atoms with Gasteiger partial charge in [0.2, 0.25) is 0 Å². The molecule has 0 saturated carbocycles. The van der Waals surface area contributed by atoms with Gasteiger partial charge in [-0.05, 0) is 19.3 Å². The van der Waals surface area contributed by atoms with Gasteiger partial charge in [0.1, 0.15) is 6.61 Å². The van der Waals surface area contributed by atoms with Gasteiger partial charge in [-0.1, -0.05) is 16.4 Å². The summed E-state index contributed by atoms with van der Waals surface area (Å²) in [7, 11) is 0. The van der Waals surface area contributed by atoms with Gasteiger partial charge in [0, 0.05) is 6.61 Å². The first-order valence-electron chi connectivity index (χ1n) is 5.79. The Bertz CT molecular complexity index is 392. The van der Waals surface area contributed by atoms with Crippen molar-refractivity contribution >= 4 is 17.2 Å². The molecule has 0 aromatic carbocycles. The number of nitrogen functional groups attached to an aromatic ring is 1. The number of nitrogens with one attached hydrogen (secondary N) is 1. The van der Waals surface area contributed by atoms with E-state index in [0.717, 1.165) is 37.2 Å². The molecule has 0 spiro atoms. The van der Waals surface area contributed by atoms with Crippen LogP contribution in [0, 0.1) is 5.41 Å². The number of rotatable bonds is 6. The topological polar surface area (TPSA) is 103 Å². The summed E-state index contributed by atoms with van der Waals surface area (Å²) in [6.45, 7) is 1.59. The third kappa shape index (κ3) is 3.90. The van der Waals surface area contributed by atoms with Crippen molar-refractivity contribution in [3.05, 3.63) is 5.01 Å². The molecule has 0 radical (unpaired) electrons. The lowest BCUT2D eigenvalue weighted by molar-refractivity contribution is -0.165. The van der Waals surface area contributed by atoms with Gasteiger partial charge in [-0.2, -0.15) is 0 Å². The highest BCUT2D eigenvalue weighted by atomic mass is 32.1. The van der Waals surface area contributed by atoms with Gasteiger partial charge in [-0.3, -0.25) is 5.41 Å². The number of nitrogens with zero attached hydrogens (tertiary/aromatic N) is 2. The molecule has 0 aliphatic carbocycles. The van der Waals surface area contributed by atoms with Crippen LogP contribution in [0.2, 0.25) is 0 Å². The number of hydrogen-bond acceptors (Lipinski definition) is 7. The molecular weight excluding hydrogens is 256 g/mol. The molecular formula is C10H16N4O3S. The van der Waals surface area contributed by atoms with Gasteiger partial charge < -0.3 is 19.9 Å². The van der Waals surface area contributed by atoms with E-state index in [4.69, 9.17) is 25.4 Å². The number of nitrogens with two attached hydrogens (primary N) is 1. The van der Waals surface area contributed by atoms with Crippen LogP contribution in [-0.4, -0.2) is 42.1 Å². The molecule has 2 heterocycles. The zero-order valence-electron chi connectivity index (χ0n) is 9.92. The van der Waals surface area contributed by atoms with E-state index in [1.165, 1.54) is 0 Å². The Labute approximate surface area is 109 Å². The molecule has 0 bridgehead atoms. The summed E-state index contributed by atoms with van der Waals surface area (Å²) in [5.41, 5.74) is 5.27. The van der Waals surface area contributed by atoms with Crippen molar-refractivity contribution in [1.82, 2.24) is 10.2 Å². The van der Waals surface area contributed by atoms with E-state index in [1.54, 1.807) is 0 Å². The Morgan fingerprint density at radius 1 is 1.44 bits per heavy atom. The summed E-state index contributed by atoms with van der Waals surface area (Å²) in [6.07, 6.45) is 3.08. The predicted octanol–water partition coefficient (Wildman–Crippen LogP) is 0.744. The molecule has 100 valence electrons. The molecule has 1 fully saturated rings. The minimum Gasteiger partial charge on any atom is -0.466 e. The highest BCUT2D eigenvalue weighted by Crippen LogP contribution is 2.17. The minimum absolute atomic E-state index is 0.103. The van der Waals surface area contributed by atoms with Gasteiger partial charge in [0.25, 0.3) is 5.19 Å². The van der Waals surface area contributed by atoms with Crippen LogP contribution in [0.25, 0.3) is 0 Å². The maximum atomic E-state index is 7.18. The minimum atomic E-state index is -0.107. The van der Waals surface area contributed by atoms with Gasteiger partial charge in [-0.15, -0.1) is 5.10 Å². The van der Waals surface area contributed by atoms with Gasteiger partial charge in [0.15, 0.2) is 17.1 Å². The van der Waals surface area contributed by atoms with Crippen LogP contribution < -0.4 is 10.5 Å². The summed E-state index contributed by atoms with van der Waals surface area (Å²) in [4.78, 5) is 0. The fourth-order valence-corrected chi connectivity index (χ4v) is 2.11. The Morgan fingerprint density at radius 2 is 2.33 bits per heavy atom. The molecule has 1 aromatic heterocycles. The van der Waals surface area contributed by atoms with Crippen molar-refractivity contribution in [2.75, 3.05) is 19.8 Å². The standard InChI is InChI=1S/C10H16N4O3S/c11-8(12)9-13-14-10(18-9)17-6-5-16-7-3-1-2-4-15-7/h7H,1-6H2,(H3,11,12). The van der Waals surface area contributed by atoms with Crippen LogP contribution in [0.1, 0.15) is 24.3 Å². The Hall–Kier alpha value is -1.25. The zero-order chi connectivity index (χ0) is 12.8. The molecule has 7 nitrogen and oxygen atoms in total. The third-order valence-electron chi connectivity index (χ3n) is 2.39. The molecule has 3 N–H and O–H groups in total. The Kier molecular flexibility index (Phi) is 4.85. The van der Waals surface area contributed by atoms with Crippen molar-refractivity contribution in [3.63, 3.8) is 0 Å². The largest absolute Gasteiger partial charge is 0.466 e. The Balaban J connectivity index is 1.63. The number of aromatic nitrogens is 2. The lowest BCUT2D eigenvalue weighted by atomic mass is 10.2. The molecule has 1 aliphatic rings. The Morgan fingerprint density at radius 3 is 3.00 bits per heavy atom. The van der Waals surface area contributed by atoms with Crippen molar-refractivity contribution in [2.24, 2.45) is 5.73 Å². The van der Waals surface area contributed by atoms with E-state index >= 15 is 0 Å². The fraction of sp³-hybridized carbons (Fsp3) is 0.700. The van der Waals surface area contributed by atoms with Crippen LogP contribution in [0.4, 0.5) is 0 Å². The molecule has 8 heteroatoms. The predicted molar refractivity (Wildman–Crippen MR) is 66.0 cm³/mol. The molecule has 1 aromatic rings. The third-order valence-corrected chi connectivity index (χ3v) is 3.26. The molecule has 18 heavy (non-hydrogen) atoms. The second-order valence-electron chi connectivity index (χ2n) is 3.80. The van der Waals surface area contributed by atoms with Crippen molar-refractivity contribution < 1.29 is 14.2 Å². The molecule has 2 rings (SSSR count). The van der Waals surface area contributed by atoms with Crippen LogP contribution in [0.3, 0.4) is 0 Å². The summed E-state index contributed by atoms with van der Waals surface area (Å²) in [5, 5.41) is 15.4. The molecule has 1 atom stereocenters. The van der Waals surface area contributed by atoms with Crippen LogP contribution in [0.15, 0.2) is 0 Å². The first kappa shape index (κ1) is 13.2. The first-order chi connectivity index (χ1) is 8.75. The van der Waals surface area contributed by atoms with Crippen molar-refractivity contribution in [1.29, 1.82) is 5.41 Å². The van der Waals surface area contributed by atoms with Crippen molar-refractivity contribution in [2.45, 2.75) is 25.6 Å². The van der Waals surface area contributed by atoms with Gasteiger partial charge in [0.05, 0.1) is 6.61 Å². The van der Waals surface area contributed by atoms with E-state index in [9.17, 15) is 0 Å². The normalized spacial score (nSPS) is 19.7. The van der Waals surface area contributed by atoms with E-state index in [1.807, 2.05) is 0 Å². The van der Waals surface area contributed by atoms with Crippen LogP contribution in [0.5, 0.6) is 5.19 Å². The van der Waals surface area contributed by atoms with E-state index in [-0.39, 0.29) is 12.1 Å². The number of ether oxygens (including phenoxy) is 3. The summed E-state index contributed by atoms with van der Waals surface area (Å²) in [5.74, 6) is -0.103. The average molecular weight is 272 g/mol.